The zero-order valence-electron chi connectivity index (χ0n) is 18.2. The summed E-state index contributed by atoms with van der Waals surface area (Å²) < 4.78 is 17.1. The quantitative estimate of drug-likeness (QED) is 0.267. The molecule has 1 N–H and O–H groups in total. The second-order valence-electron chi connectivity index (χ2n) is 7.11. The van der Waals surface area contributed by atoms with Crippen molar-refractivity contribution in [3.05, 3.63) is 82.3 Å². The molecule has 1 heterocycles. The third kappa shape index (κ3) is 4.80. The molecule has 2 amide bonds. The molecule has 9 heteroatoms. The van der Waals surface area contributed by atoms with Crippen molar-refractivity contribution in [3.63, 3.8) is 0 Å². The van der Waals surface area contributed by atoms with Crippen LogP contribution < -0.4 is 24.4 Å². The molecule has 1 fully saturated rings. The molecule has 34 heavy (non-hydrogen) atoms. The number of carbonyl (C=O) groups excluding carboxylic acids is 2. The van der Waals surface area contributed by atoms with Crippen molar-refractivity contribution in [1.82, 2.24) is 5.32 Å². The van der Waals surface area contributed by atoms with Crippen LogP contribution in [0.3, 0.4) is 0 Å². The SMILES string of the molecule is COc1cc(C=C2C(=O)NC(=S)N(c3ccc(Oc4ccccc4)cc3)C2=O)cc(OC)c1Br. The topological polar surface area (TPSA) is 77.1 Å². The Morgan fingerprint density at radius 3 is 2.09 bits per heavy atom. The molecule has 3 aromatic carbocycles. The van der Waals surface area contributed by atoms with Gasteiger partial charge in [-0.05, 0) is 88.3 Å². The van der Waals surface area contributed by atoms with E-state index in [9.17, 15) is 9.59 Å². The number of ether oxygens (including phenoxy) is 3. The van der Waals surface area contributed by atoms with Crippen LogP contribution in [0.1, 0.15) is 5.56 Å². The van der Waals surface area contributed by atoms with E-state index in [1.807, 2.05) is 30.3 Å². The lowest BCUT2D eigenvalue weighted by Crippen LogP contribution is -2.54. The molecular weight excluding hydrogens is 520 g/mol. The summed E-state index contributed by atoms with van der Waals surface area (Å²) in [6.07, 6.45) is 1.47. The molecule has 4 rings (SSSR count). The van der Waals surface area contributed by atoms with E-state index in [-0.39, 0.29) is 10.7 Å². The van der Waals surface area contributed by atoms with Gasteiger partial charge in [-0.2, -0.15) is 0 Å². The Hall–Kier alpha value is -3.69. The van der Waals surface area contributed by atoms with E-state index in [1.165, 1.54) is 25.2 Å². The van der Waals surface area contributed by atoms with Crippen LogP contribution in [-0.4, -0.2) is 31.1 Å². The van der Waals surface area contributed by atoms with Gasteiger partial charge in [-0.1, -0.05) is 18.2 Å². The van der Waals surface area contributed by atoms with Crippen LogP contribution in [0.25, 0.3) is 6.08 Å². The fraction of sp³-hybridized carbons (Fsp3) is 0.0800. The summed E-state index contributed by atoms with van der Waals surface area (Å²) in [4.78, 5) is 27.2. The molecule has 0 spiro atoms. The molecule has 0 bridgehead atoms. The summed E-state index contributed by atoms with van der Waals surface area (Å²) in [6.45, 7) is 0. The number of hydrogen-bond acceptors (Lipinski definition) is 6. The number of para-hydroxylation sites is 1. The van der Waals surface area contributed by atoms with Crippen molar-refractivity contribution in [2.24, 2.45) is 0 Å². The Balaban J connectivity index is 1.64. The molecule has 1 saturated heterocycles. The van der Waals surface area contributed by atoms with Crippen molar-refractivity contribution >= 4 is 56.8 Å². The molecule has 7 nitrogen and oxygen atoms in total. The van der Waals surface area contributed by atoms with Crippen LogP contribution in [0, 0.1) is 0 Å². The second-order valence-corrected chi connectivity index (χ2v) is 8.29. The number of methoxy groups -OCH3 is 2. The number of halogens is 1. The van der Waals surface area contributed by atoms with Gasteiger partial charge in [0.15, 0.2) is 5.11 Å². The highest BCUT2D eigenvalue weighted by atomic mass is 79.9. The third-order valence-corrected chi connectivity index (χ3v) is 6.02. The van der Waals surface area contributed by atoms with E-state index < -0.39 is 11.8 Å². The maximum atomic E-state index is 13.3. The fourth-order valence-corrected chi connectivity index (χ4v) is 4.15. The Bertz CT molecular complexity index is 1270. The van der Waals surface area contributed by atoms with E-state index in [0.717, 1.165) is 0 Å². The maximum absolute atomic E-state index is 13.3. The van der Waals surface area contributed by atoms with Crippen molar-refractivity contribution in [1.29, 1.82) is 0 Å². The minimum atomic E-state index is -0.587. The Labute approximate surface area is 210 Å². The lowest BCUT2D eigenvalue weighted by molar-refractivity contribution is -0.122. The first kappa shape index (κ1) is 23.5. The predicted molar refractivity (Wildman–Crippen MR) is 136 cm³/mol. The number of benzene rings is 3. The molecule has 1 aliphatic rings. The van der Waals surface area contributed by atoms with Crippen molar-refractivity contribution < 1.29 is 23.8 Å². The van der Waals surface area contributed by atoms with Gasteiger partial charge < -0.3 is 14.2 Å². The lowest BCUT2D eigenvalue weighted by atomic mass is 10.1. The second kappa shape index (κ2) is 10.1. The first-order valence-electron chi connectivity index (χ1n) is 10.1. The molecule has 1 aliphatic heterocycles. The number of thiocarbonyl (C=S) groups is 1. The van der Waals surface area contributed by atoms with Crippen LogP contribution >= 0.6 is 28.1 Å². The van der Waals surface area contributed by atoms with Crippen molar-refractivity contribution in [2.75, 3.05) is 19.1 Å². The highest BCUT2D eigenvalue weighted by molar-refractivity contribution is 9.10. The first-order valence-corrected chi connectivity index (χ1v) is 11.3. The first-order chi connectivity index (χ1) is 16.4. The highest BCUT2D eigenvalue weighted by Gasteiger charge is 2.34. The molecular formula is C25H19BrN2O5S. The Morgan fingerprint density at radius 2 is 1.50 bits per heavy atom. The van der Waals surface area contributed by atoms with Crippen molar-refractivity contribution in [2.45, 2.75) is 0 Å². The Morgan fingerprint density at radius 1 is 0.912 bits per heavy atom. The largest absolute Gasteiger partial charge is 0.495 e. The number of anilines is 1. The highest BCUT2D eigenvalue weighted by Crippen LogP contribution is 2.36. The predicted octanol–water partition coefficient (Wildman–Crippen LogP) is 5.09. The number of nitrogens with zero attached hydrogens (tertiary/aromatic N) is 1. The number of carbonyl (C=O) groups is 2. The van der Waals surface area contributed by atoms with Gasteiger partial charge in [-0.25, -0.2) is 0 Å². The van der Waals surface area contributed by atoms with Gasteiger partial charge in [0.2, 0.25) is 0 Å². The molecule has 0 aliphatic carbocycles. The van der Waals surface area contributed by atoms with Crippen LogP contribution in [-0.2, 0) is 9.59 Å². The number of hydrogen-bond donors (Lipinski definition) is 1. The summed E-state index contributed by atoms with van der Waals surface area (Å²) in [6, 6.07) is 19.6. The van der Waals surface area contributed by atoms with Gasteiger partial charge in [0.1, 0.15) is 33.0 Å². The van der Waals surface area contributed by atoms with Gasteiger partial charge in [-0.3, -0.25) is 19.8 Å². The molecule has 0 atom stereocenters. The van der Waals surface area contributed by atoms with E-state index >= 15 is 0 Å². The minimum Gasteiger partial charge on any atom is -0.495 e. The Kier molecular flexibility index (Phi) is 6.95. The molecule has 172 valence electrons. The van der Waals surface area contributed by atoms with E-state index in [0.29, 0.717) is 38.7 Å². The standard InChI is InChI=1S/C25H19BrN2O5S/c1-31-20-13-15(14-21(32-2)22(20)26)12-19-23(29)27-25(34)28(24(19)30)16-8-10-18(11-9-16)33-17-6-4-3-5-7-17/h3-14H,1-2H3,(H,27,29,34). The molecule has 0 aromatic heterocycles. The van der Waals surface area contributed by atoms with E-state index in [2.05, 4.69) is 21.2 Å². The fourth-order valence-electron chi connectivity index (χ4n) is 3.32. The molecule has 3 aromatic rings. The number of amides is 2. The van der Waals surface area contributed by atoms with Crippen LogP contribution in [0.5, 0.6) is 23.0 Å². The number of nitrogens with one attached hydrogen (secondary N) is 1. The number of rotatable bonds is 6. The average molecular weight is 539 g/mol. The van der Waals surface area contributed by atoms with Crippen LogP contribution in [0.4, 0.5) is 5.69 Å². The van der Waals surface area contributed by atoms with Crippen LogP contribution in [0.2, 0.25) is 0 Å². The maximum Gasteiger partial charge on any atom is 0.270 e. The van der Waals surface area contributed by atoms with Gasteiger partial charge >= 0.3 is 0 Å². The molecule has 0 unspecified atom stereocenters. The summed E-state index contributed by atoms with van der Waals surface area (Å²) in [5, 5.41) is 2.57. The van der Waals surface area contributed by atoms with Gasteiger partial charge in [0, 0.05) is 0 Å². The molecule has 0 radical (unpaired) electrons. The minimum absolute atomic E-state index is 0.00477. The van der Waals surface area contributed by atoms with E-state index in [1.54, 1.807) is 36.4 Å². The normalized spacial score (nSPS) is 14.7. The third-order valence-electron chi connectivity index (χ3n) is 4.95. The van der Waals surface area contributed by atoms with Gasteiger partial charge in [0.05, 0.1) is 19.9 Å². The lowest BCUT2D eigenvalue weighted by Gasteiger charge is -2.29. The summed E-state index contributed by atoms with van der Waals surface area (Å²) >= 11 is 8.69. The van der Waals surface area contributed by atoms with Crippen molar-refractivity contribution in [3.8, 4) is 23.0 Å². The monoisotopic (exact) mass is 538 g/mol. The smallest absolute Gasteiger partial charge is 0.270 e. The van der Waals surface area contributed by atoms with Crippen LogP contribution in [0.15, 0.2) is 76.8 Å². The summed E-state index contributed by atoms with van der Waals surface area (Å²) in [7, 11) is 3.03. The van der Waals surface area contributed by atoms with E-state index in [4.69, 9.17) is 26.4 Å². The van der Waals surface area contributed by atoms with Gasteiger partial charge in [0.25, 0.3) is 11.8 Å². The van der Waals surface area contributed by atoms with Gasteiger partial charge in [-0.15, -0.1) is 0 Å². The zero-order valence-corrected chi connectivity index (χ0v) is 20.6. The molecule has 0 saturated carbocycles. The summed E-state index contributed by atoms with van der Waals surface area (Å²) in [5.74, 6) is 1.15. The average Bonchev–Trinajstić information content (AvgIpc) is 2.84. The summed E-state index contributed by atoms with van der Waals surface area (Å²) in [5.41, 5.74) is 0.965. The zero-order chi connectivity index (χ0) is 24.2.